The Kier molecular flexibility index (Phi) is 4.95. The van der Waals surface area contributed by atoms with Crippen LogP contribution >= 0.6 is 11.8 Å². The van der Waals surface area contributed by atoms with E-state index in [4.69, 9.17) is 4.42 Å². The Balaban J connectivity index is 1.19. The van der Waals surface area contributed by atoms with E-state index >= 15 is 0 Å². The largest absolute Gasteiger partial charge is 0.467 e. The molecule has 4 unspecified atom stereocenters. The van der Waals surface area contributed by atoms with Gasteiger partial charge in [0.05, 0.1) is 18.6 Å². The SMILES string of the molecule is CC(NC(=O)CSc1nnc(C2CC2)n1Cc1ccco1)C1CC2CCC1C2. The molecule has 7 heteroatoms. The number of fused-ring (bicyclic) bond motifs is 2. The highest BCUT2D eigenvalue weighted by Crippen LogP contribution is 2.49. The topological polar surface area (TPSA) is 73.0 Å². The van der Waals surface area contributed by atoms with Crippen LogP contribution in [0.3, 0.4) is 0 Å². The molecule has 3 fully saturated rings. The molecule has 1 amide bonds. The third kappa shape index (κ3) is 3.73. The molecule has 5 rings (SSSR count). The Bertz CT molecular complexity index is 830. The molecule has 28 heavy (non-hydrogen) atoms. The summed E-state index contributed by atoms with van der Waals surface area (Å²) in [7, 11) is 0. The van der Waals surface area contributed by atoms with Gasteiger partial charge in [0.15, 0.2) is 5.16 Å². The maximum atomic E-state index is 12.6. The summed E-state index contributed by atoms with van der Waals surface area (Å²) in [6.45, 7) is 2.80. The van der Waals surface area contributed by atoms with Gasteiger partial charge in [0.1, 0.15) is 11.6 Å². The van der Waals surface area contributed by atoms with Crippen LogP contribution in [-0.4, -0.2) is 32.5 Å². The molecular formula is C21H28N4O2S. The molecule has 4 atom stereocenters. The van der Waals surface area contributed by atoms with Crippen LogP contribution in [0.4, 0.5) is 0 Å². The monoisotopic (exact) mass is 400 g/mol. The second-order valence-electron chi connectivity index (χ2n) is 8.76. The maximum Gasteiger partial charge on any atom is 0.230 e. The summed E-state index contributed by atoms with van der Waals surface area (Å²) in [4.78, 5) is 12.6. The molecule has 3 saturated carbocycles. The highest BCUT2D eigenvalue weighted by atomic mass is 32.2. The van der Waals surface area contributed by atoms with Gasteiger partial charge in [-0.05, 0) is 68.9 Å². The van der Waals surface area contributed by atoms with Crippen molar-refractivity contribution in [1.29, 1.82) is 0 Å². The van der Waals surface area contributed by atoms with Crippen molar-refractivity contribution in [2.24, 2.45) is 17.8 Å². The Labute approximate surface area is 169 Å². The van der Waals surface area contributed by atoms with Gasteiger partial charge < -0.3 is 9.73 Å². The van der Waals surface area contributed by atoms with E-state index in [9.17, 15) is 4.79 Å². The van der Waals surface area contributed by atoms with E-state index in [-0.39, 0.29) is 11.9 Å². The lowest BCUT2D eigenvalue weighted by Crippen LogP contribution is -2.40. The van der Waals surface area contributed by atoms with Crippen molar-refractivity contribution in [2.75, 3.05) is 5.75 Å². The van der Waals surface area contributed by atoms with Crippen LogP contribution in [-0.2, 0) is 11.3 Å². The maximum absolute atomic E-state index is 12.6. The van der Waals surface area contributed by atoms with Gasteiger partial charge in [0, 0.05) is 12.0 Å². The quantitative estimate of drug-likeness (QED) is 0.682. The van der Waals surface area contributed by atoms with Crippen molar-refractivity contribution in [3.8, 4) is 0 Å². The van der Waals surface area contributed by atoms with Crippen LogP contribution in [0.25, 0.3) is 0 Å². The van der Waals surface area contributed by atoms with Crippen LogP contribution in [0.15, 0.2) is 28.0 Å². The molecule has 2 heterocycles. The summed E-state index contributed by atoms with van der Waals surface area (Å²) in [5.41, 5.74) is 0. The molecule has 3 aliphatic carbocycles. The summed E-state index contributed by atoms with van der Waals surface area (Å²) in [6, 6.07) is 4.13. The van der Waals surface area contributed by atoms with E-state index in [1.807, 2.05) is 12.1 Å². The van der Waals surface area contributed by atoms with Crippen molar-refractivity contribution in [2.45, 2.75) is 69.1 Å². The number of furan rings is 1. The lowest BCUT2D eigenvalue weighted by Gasteiger charge is -2.28. The number of thioether (sulfide) groups is 1. The average Bonchev–Trinajstić information content (AvgIpc) is 3.12. The second kappa shape index (κ2) is 7.58. The predicted molar refractivity (Wildman–Crippen MR) is 107 cm³/mol. The number of carbonyl (C=O) groups is 1. The van der Waals surface area contributed by atoms with Crippen LogP contribution in [0.1, 0.15) is 63.0 Å². The van der Waals surface area contributed by atoms with Crippen molar-refractivity contribution in [1.82, 2.24) is 20.1 Å². The number of hydrogen-bond donors (Lipinski definition) is 1. The number of nitrogens with one attached hydrogen (secondary N) is 1. The van der Waals surface area contributed by atoms with Gasteiger partial charge in [-0.1, -0.05) is 18.2 Å². The molecule has 2 aromatic rings. The Morgan fingerprint density at radius 2 is 2.21 bits per heavy atom. The fraction of sp³-hybridized carbons (Fsp3) is 0.667. The Morgan fingerprint density at radius 3 is 2.89 bits per heavy atom. The summed E-state index contributed by atoms with van der Waals surface area (Å²) >= 11 is 1.48. The lowest BCUT2D eigenvalue weighted by atomic mass is 9.84. The standard InChI is InChI=1S/C21H28N4O2S/c1-13(18-10-14-4-5-16(18)9-14)22-19(26)12-28-21-24-23-20(15-6-7-15)25(21)11-17-3-2-8-27-17/h2-3,8,13-16,18H,4-7,9-12H2,1H3,(H,22,26). The molecular weight excluding hydrogens is 372 g/mol. The first kappa shape index (κ1) is 18.3. The Morgan fingerprint density at radius 1 is 1.32 bits per heavy atom. The van der Waals surface area contributed by atoms with Gasteiger partial charge in [-0.25, -0.2) is 0 Å². The average molecular weight is 401 g/mol. The third-order valence-corrected chi connectivity index (χ3v) is 7.70. The summed E-state index contributed by atoms with van der Waals surface area (Å²) < 4.78 is 7.63. The van der Waals surface area contributed by atoms with Gasteiger partial charge in [0.25, 0.3) is 0 Å². The number of carbonyl (C=O) groups excluding carboxylic acids is 1. The van der Waals surface area contributed by atoms with Crippen molar-refractivity contribution in [3.63, 3.8) is 0 Å². The lowest BCUT2D eigenvalue weighted by molar-refractivity contribution is -0.119. The second-order valence-corrected chi connectivity index (χ2v) is 9.71. The highest BCUT2D eigenvalue weighted by molar-refractivity contribution is 7.99. The smallest absolute Gasteiger partial charge is 0.230 e. The van der Waals surface area contributed by atoms with Crippen LogP contribution in [0.5, 0.6) is 0 Å². The molecule has 0 aromatic carbocycles. The van der Waals surface area contributed by atoms with Gasteiger partial charge in [-0.3, -0.25) is 9.36 Å². The summed E-state index contributed by atoms with van der Waals surface area (Å²) in [5, 5.41) is 12.8. The number of nitrogens with zero attached hydrogens (tertiary/aromatic N) is 3. The van der Waals surface area contributed by atoms with Crippen molar-refractivity contribution in [3.05, 3.63) is 30.0 Å². The molecule has 3 aliphatic rings. The fourth-order valence-corrected chi connectivity index (χ4v) is 5.95. The highest BCUT2D eigenvalue weighted by Gasteiger charge is 2.42. The predicted octanol–water partition coefficient (Wildman–Crippen LogP) is 3.83. The molecule has 6 nitrogen and oxygen atoms in total. The van der Waals surface area contributed by atoms with Crippen LogP contribution in [0.2, 0.25) is 0 Å². The minimum absolute atomic E-state index is 0.0980. The molecule has 0 spiro atoms. The van der Waals surface area contributed by atoms with E-state index in [0.29, 0.717) is 24.1 Å². The number of aromatic nitrogens is 3. The zero-order valence-electron chi connectivity index (χ0n) is 16.3. The molecule has 0 aliphatic heterocycles. The molecule has 150 valence electrons. The van der Waals surface area contributed by atoms with Gasteiger partial charge in [0.2, 0.25) is 5.91 Å². The number of hydrogen-bond acceptors (Lipinski definition) is 5. The van der Waals surface area contributed by atoms with Gasteiger partial charge >= 0.3 is 0 Å². The van der Waals surface area contributed by atoms with E-state index < -0.39 is 0 Å². The summed E-state index contributed by atoms with van der Waals surface area (Å²) in [6.07, 6.45) is 9.44. The van der Waals surface area contributed by atoms with E-state index in [1.165, 1.54) is 50.3 Å². The summed E-state index contributed by atoms with van der Waals surface area (Å²) in [5.74, 6) is 5.29. The van der Waals surface area contributed by atoms with E-state index in [0.717, 1.165) is 28.6 Å². The zero-order chi connectivity index (χ0) is 19.1. The third-order valence-electron chi connectivity index (χ3n) is 6.74. The van der Waals surface area contributed by atoms with Gasteiger partial charge in [-0.15, -0.1) is 10.2 Å². The first-order chi connectivity index (χ1) is 13.7. The minimum atomic E-state index is 0.0980. The molecule has 0 radical (unpaired) electrons. The zero-order valence-corrected chi connectivity index (χ0v) is 17.2. The normalized spacial score (nSPS) is 27.2. The van der Waals surface area contributed by atoms with Crippen LogP contribution < -0.4 is 5.32 Å². The molecule has 0 saturated heterocycles. The van der Waals surface area contributed by atoms with Crippen molar-refractivity contribution >= 4 is 17.7 Å². The first-order valence-electron chi connectivity index (χ1n) is 10.5. The van der Waals surface area contributed by atoms with E-state index in [1.54, 1.807) is 6.26 Å². The first-order valence-corrected chi connectivity index (χ1v) is 11.5. The molecule has 2 aromatic heterocycles. The van der Waals surface area contributed by atoms with E-state index in [2.05, 4.69) is 27.0 Å². The molecule has 2 bridgehead atoms. The Hall–Kier alpha value is -1.76. The van der Waals surface area contributed by atoms with Gasteiger partial charge in [-0.2, -0.15) is 0 Å². The van der Waals surface area contributed by atoms with Crippen molar-refractivity contribution < 1.29 is 9.21 Å². The number of amides is 1. The fourth-order valence-electron chi connectivity index (χ4n) is 5.20. The molecule has 1 N–H and O–H groups in total. The number of rotatable bonds is 8. The minimum Gasteiger partial charge on any atom is -0.467 e. The van der Waals surface area contributed by atoms with Crippen LogP contribution in [0, 0.1) is 17.8 Å².